The lowest BCUT2D eigenvalue weighted by atomic mass is 9.68. The van der Waals surface area contributed by atoms with Crippen LogP contribution in [0.4, 0.5) is 0 Å². The number of methoxy groups -OCH3 is 1. The number of hydrogen-bond donors (Lipinski definition) is 0. The number of fused-ring (bicyclic) bond motifs is 1. The number of aldehydes is 1. The van der Waals surface area contributed by atoms with Crippen LogP contribution in [0.1, 0.15) is 48.0 Å². The van der Waals surface area contributed by atoms with Crippen molar-refractivity contribution < 1.29 is 14.3 Å². The normalized spacial score (nSPS) is 17.1. The minimum Gasteiger partial charge on any atom is -0.468 e. The number of carbonyl (C=O) groups excluding carboxylic acids is 2. The highest BCUT2D eigenvalue weighted by Crippen LogP contribution is 2.43. The SMILES string of the molecule is COC(=O)C1(c2ccc(C=O)c3ccccc23)CCCCC1. The van der Waals surface area contributed by atoms with Gasteiger partial charge in [-0.1, -0.05) is 55.7 Å². The first-order valence-corrected chi connectivity index (χ1v) is 7.79. The smallest absolute Gasteiger partial charge is 0.316 e. The second kappa shape index (κ2) is 5.91. The zero-order chi connectivity index (χ0) is 15.6. The number of ether oxygens (including phenoxy) is 1. The summed E-state index contributed by atoms with van der Waals surface area (Å²) in [6.45, 7) is 0. The van der Waals surface area contributed by atoms with Gasteiger partial charge in [0.15, 0.2) is 6.29 Å². The summed E-state index contributed by atoms with van der Waals surface area (Å²) >= 11 is 0. The Bertz CT molecular complexity index is 712. The van der Waals surface area contributed by atoms with E-state index in [9.17, 15) is 9.59 Å². The summed E-state index contributed by atoms with van der Waals surface area (Å²) < 4.78 is 5.14. The Hall–Kier alpha value is -2.16. The molecule has 0 amide bonds. The maximum absolute atomic E-state index is 12.6. The van der Waals surface area contributed by atoms with Gasteiger partial charge in [-0.15, -0.1) is 0 Å². The topological polar surface area (TPSA) is 43.4 Å². The Labute approximate surface area is 130 Å². The third kappa shape index (κ3) is 2.21. The number of benzene rings is 2. The average Bonchev–Trinajstić information content (AvgIpc) is 2.60. The van der Waals surface area contributed by atoms with Crippen molar-refractivity contribution in [2.75, 3.05) is 7.11 Å². The zero-order valence-corrected chi connectivity index (χ0v) is 12.8. The predicted octanol–water partition coefficient (Wildman–Crippen LogP) is 4.03. The van der Waals surface area contributed by atoms with E-state index in [1.165, 1.54) is 7.11 Å². The molecule has 1 fully saturated rings. The van der Waals surface area contributed by atoms with Crippen molar-refractivity contribution in [2.24, 2.45) is 0 Å². The van der Waals surface area contributed by atoms with Gasteiger partial charge in [-0.3, -0.25) is 9.59 Å². The van der Waals surface area contributed by atoms with Crippen LogP contribution in [-0.2, 0) is 14.9 Å². The molecule has 0 bridgehead atoms. The van der Waals surface area contributed by atoms with E-state index in [1.54, 1.807) is 0 Å². The van der Waals surface area contributed by atoms with Crippen LogP contribution in [0.5, 0.6) is 0 Å². The fraction of sp³-hybridized carbons (Fsp3) is 0.368. The highest BCUT2D eigenvalue weighted by atomic mass is 16.5. The van der Waals surface area contributed by atoms with E-state index in [0.717, 1.165) is 54.7 Å². The molecular formula is C19H20O3. The Kier molecular flexibility index (Phi) is 3.97. The minimum atomic E-state index is -0.575. The van der Waals surface area contributed by atoms with Crippen molar-refractivity contribution in [1.82, 2.24) is 0 Å². The quantitative estimate of drug-likeness (QED) is 0.634. The summed E-state index contributed by atoms with van der Waals surface area (Å²) in [5.41, 5.74) is 1.09. The Balaban J connectivity index is 2.27. The molecule has 0 aromatic heterocycles. The molecule has 3 rings (SSSR count). The fourth-order valence-electron chi connectivity index (χ4n) is 3.78. The highest BCUT2D eigenvalue weighted by molar-refractivity contribution is 6.02. The third-order valence-corrected chi connectivity index (χ3v) is 4.88. The van der Waals surface area contributed by atoms with Crippen molar-refractivity contribution in [3.8, 4) is 0 Å². The molecule has 0 saturated heterocycles. The van der Waals surface area contributed by atoms with Gasteiger partial charge in [-0.2, -0.15) is 0 Å². The molecule has 0 N–H and O–H groups in total. The molecule has 0 aliphatic heterocycles. The van der Waals surface area contributed by atoms with E-state index in [-0.39, 0.29) is 5.97 Å². The van der Waals surface area contributed by atoms with Gasteiger partial charge in [0.2, 0.25) is 0 Å². The van der Waals surface area contributed by atoms with Crippen LogP contribution >= 0.6 is 0 Å². The molecule has 22 heavy (non-hydrogen) atoms. The molecule has 3 heteroatoms. The van der Waals surface area contributed by atoms with Crippen LogP contribution in [0.3, 0.4) is 0 Å². The Morgan fingerprint density at radius 3 is 2.36 bits per heavy atom. The molecule has 2 aromatic carbocycles. The molecule has 114 valence electrons. The average molecular weight is 296 g/mol. The van der Waals surface area contributed by atoms with Crippen LogP contribution in [0.2, 0.25) is 0 Å². The molecule has 0 radical (unpaired) electrons. The number of rotatable bonds is 3. The van der Waals surface area contributed by atoms with Crippen molar-refractivity contribution >= 4 is 23.0 Å². The lowest BCUT2D eigenvalue weighted by Crippen LogP contribution is -2.39. The number of carbonyl (C=O) groups is 2. The Morgan fingerprint density at radius 1 is 1.05 bits per heavy atom. The van der Waals surface area contributed by atoms with Gasteiger partial charge in [0.1, 0.15) is 0 Å². The highest BCUT2D eigenvalue weighted by Gasteiger charge is 2.43. The summed E-state index contributed by atoms with van der Waals surface area (Å²) in [4.78, 5) is 23.9. The molecule has 0 unspecified atom stereocenters. The summed E-state index contributed by atoms with van der Waals surface area (Å²) in [6, 6.07) is 11.6. The molecule has 2 aromatic rings. The second-order valence-corrected chi connectivity index (χ2v) is 6.00. The maximum atomic E-state index is 12.6. The van der Waals surface area contributed by atoms with Crippen molar-refractivity contribution in [1.29, 1.82) is 0 Å². The second-order valence-electron chi connectivity index (χ2n) is 6.00. The molecule has 0 heterocycles. The van der Waals surface area contributed by atoms with Crippen LogP contribution in [0.25, 0.3) is 10.8 Å². The lowest BCUT2D eigenvalue weighted by Gasteiger charge is -2.36. The van der Waals surface area contributed by atoms with E-state index in [1.807, 2.05) is 36.4 Å². The Morgan fingerprint density at radius 2 is 1.73 bits per heavy atom. The standard InChI is InChI=1S/C19H20O3/c1-22-18(21)19(11-5-2-6-12-19)17-10-9-14(13-20)15-7-3-4-8-16(15)17/h3-4,7-10,13H,2,5-6,11-12H2,1H3. The molecule has 1 saturated carbocycles. The van der Waals surface area contributed by atoms with Crippen molar-refractivity contribution in [2.45, 2.75) is 37.5 Å². The van der Waals surface area contributed by atoms with Crippen LogP contribution in [0, 0.1) is 0 Å². The molecule has 1 aliphatic rings. The number of esters is 1. The number of hydrogen-bond acceptors (Lipinski definition) is 3. The maximum Gasteiger partial charge on any atom is 0.316 e. The molecule has 0 spiro atoms. The van der Waals surface area contributed by atoms with E-state index in [4.69, 9.17) is 4.74 Å². The molecule has 1 aliphatic carbocycles. The lowest BCUT2D eigenvalue weighted by molar-refractivity contribution is -0.149. The van der Waals surface area contributed by atoms with Gasteiger partial charge in [-0.05, 0) is 29.2 Å². The fourth-order valence-corrected chi connectivity index (χ4v) is 3.78. The van der Waals surface area contributed by atoms with E-state index < -0.39 is 5.41 Å². The van der Waals surface area contributed by atoms with Crippen LogP contribution in [0.15, 0.2) is 36.4 Å². The van der Waals surface area contributed by atoms with Crippen LogP contribution < -0.4 is 0 Å². The zero-order valence-electron chi connectivity index (χ0n) is 12.8. The summed E-state index contributed by atoms with van der Waals surface area (Å²) in [5, 5.41) is 1.89. The summed E-state index contributed by atoms with van der Waals surface area (Å²) in [5.74, 6) is -0.156. The van der Waals surface area contributed by atoms with Gasteiger partial charge >= 0.3 is 5.97 Å². The first-order valence-electron chi connectivity index (χ1n) is 7.79. The van der Waals surface area contributed by atoms with Gasteiger partial charge in [0, 0.05) is 5.56 Å². The predicted molar refractivity (Wildman–Crippen MR) is 86.1 cm³/mol. The first-order chi connectivity index (χ1) is 10.7. The largest absolute Gasteiger partial charge is 0.468 e. The summed E-state index contributed by atoms with van der Waals surface area (Å²) in [6.07, 6.45) is 5.70. The van der Waals surface area contributed by atoms with Gasteiger partial charge in [-0.25, -0.2) is 0 Å². The van der Waals surface area contributed by atoms with Crippen LogP contribution in [-0.4, -0.2) is 19.4 Å². The molecule has 0 atom stereocenters. The van der Waals surface area contributed by atoms with Crippen molar-refractivity contribution in [3.63, 3.8) is 0 Å². The van der Waals surface area contributed by atoms with E-state index in [0.29, 0.717) is 5.56 Å². The monoisotopic (exact) mass is 296 g/mol. The van der Waals surface area contributed by atoms with E-state index >= 15 is 0 Å². The van der Waals surface area contributed by atoms with Gasteiger partial charge < -0.3 is 4.74 Å². The van der Waals surface area contributed by atoms with Crippen molar-refractivity contribution in [3.05, 3.63) is 47.5 Å². The summed E-state index contributed by atoms with van der Waals surface area (Å²) in [7, 11) is 1.46. The molecular weight excluding hydrogens is 276 g/mol. The first kappa shape index (κ1) is 14.8. The van der Waals surface area contributed by atoms with Gasteiger partial charge in [0.05, 0.1) is 12.5 Å². The van der Waals surface area contributed by atoms with E-state index in [2.05, 4.69) is 0 Å². The molecule has 3 nitrogen and oxygen atoms in total. The van der Waals surface area contributed by atoms with Gasteiger partial charge in [0.25, 0.3) is 0 Å². The minimum absolute atomic E-state index is 0.156. The third-order valence-electron chi connectivity index (χ3n) is 4.88.